The van der Waals surface area contributed by atoms with Gasteiger partial charge in [0, 0.05) is 13.1 Å². The quantitative estimate of drug-likeness (QED) is 0.560. The molecule has 1 aromatic carbocycles. The Hall–Kier alpha value is -1.55. The third kappa shape index (κ3) is 4.56. The van der Waals surface area contributed by atoms with Crippen molar-refractivity contribution in [3.63, 3.8) is 0 Å². The van der Waals surface area contributed by atoms with Gasteiger partial charge in [-0.25, -0.2) is 0 Å². The van der Waals surface area contributed by atoms with Crippen LogP contribution in [0, 0.1) is 0 Å². The van der Waals surface area contributed by atoms with Crippen LogP contribution in [-0.4, -0.2) is 23.9 Å². The SMILES string of the molecule is CCCCN(CCCC)C(=O)c1ccccc1NN. The van der Waals surface area contributed by atoms with Gasteiger partial charge in [-0.15, -0.1) is 0 Å². The number of carbonyl (C=O) groups excluding carboxylic acids is 1. The van der Waals surface area contributed by atoms with Gasteiger partial charge in [-0.05, 0) is 25.0 Å². The van der Waals surface area contributed by atoms with Crippen molar-refractivity contribution in [1.82, 2.24) is 4.90 Å². The zero-order chi connectivity index (χ0) is 14.1. The molecule has 0 fully saturated rings. The molecular formula is C15H25N3O. The van der Waals surface area contributed by atoms with Gasteiger partial charge in [0.2, 0.25) is 0 Å². The highest BCUT2D eigenvalue weighted by molar-refractivity contribution is 5.99. The monoisotopic (exact) mass is 263 g/mol. The van der Waals surface area contributed by atoms with Crippen molar-refractivity contribution in [1.29, 1.82) is 0 Å². The number of benzene rings is 1. The van der Waals surface area contributed by atoms with Crippen LogP contribution < -0.4 is 11.3 Å². The molecule has 106 valence electrons. The molecule has 0 aromatic heterocycles. The van der Waals surface area contributed by atoms with E-state index in [0.29, 0.717) is 11.3 Å². The summed E-state index contributed by atoms with van der Waals surface area (Å²) in [5.41, 5.74) is 3.93. The fraction of sp³-hybridized carbons (Fsp3) is 0.533. The van der Waals surface area contributed by atoms with Crippen LogP contribution in [-0.2, 0) is 0 Å². The predicted octanol–water partition coefficient (Wildman–Crippen LogP) is 3.01. The van der Waals surface area contributed by atoms with Crippen LogP contribution in [0.3, 0.4) is 0 Å². The van der Waals surface area contributed by atoms with Crippen LogP contribution in [0.5, 0.6) is 0 Å². The molecule has 4 heteroatoms. The molecule has 0 aliphatic carbocycles. The first-order chi connectivity index (χ1) is 9.24. The molecule has 0 heterocycles. The van der Waals surface area contributed by atoms with E-state index in [1.165, 1.54) is 0 Å². The van der Waals surface area contributed by atoms with E-state index in [-0.39, 0.29) is 5.91 Å². The van der Waals surface area contributed by atoms with Crippen LogP contribution in [0.15, 0.2) is 24.3 Å². The molecule has 0 aliphatic heterocycles. The van der Waals surface area contributed by atoms with Gasteiger partial charge in [-0.3, -0.25) is 10.6 Å². The van der Waals surface area contributed by atoms with Gasteiger partial charge in [-0.1, -0.05) is 38.8 Å². The Morgan fingerprint density at radius 3 is 2.26 bits per heavy atom. The largest absolute Gasteiger partial charge is 0.339 e. The van der Waals surface area contributed by atoms with Crippen molar-refractivity contribution in [2.24, 2.45) is 5.84 Å². The van der Waals surface area contributed by atoms with Crippen molar-refractivity contribution in [2.75, 3.05) is 18.5 Å². The van der Waals surface area contributed by atoms with Crippen LogP contribution in [0.25, 0.3) is 0 Å². The Morgan fingerprint density at radius 1 is 1.16 bits per heavy atom. The zero-order valence-corrected chi connectivity index (χ0v) is 12.0. The van der Waals surface area contributed by atoms with Crippen LogP contribution in [0.1, 0.15) is 49.9 Å². The number of para-hydroxylation sites is 1. The molecule has 1 aromatic rings. The average Bonchev–Trinajstić information content (AvgIpc) is 2.46. The third-order valence-electron chi connectivity index (χ3n) is 3.16. The summed E-state index contributed by atoms with van der Waals surface area (Å²) in [6.07, 6.45) is 4.25. The Kier molecular flexibility index (Phi) is 6.97. The first kappa shape index (κ1) is 15.5. The lowest BCUT2D eigenvalue weighted by atomic mass is 10.1. The number of carbonyl (C=O) groups is 1. The summed E-state index contributed by atoms with van der Waals surface area (Å²) in [4.78, 5) is 14.5. The maximum atomic E-state index is 12.6. The Bertz CT molecular complexity index is 385. The topological polar surface area (TPSA) is 58.4 Å². The Labute approximate surface area is 115 Å². The first-order valence-electron chi connectivity index (χ1n) is 7.09. The highest BCUT2D eigenvalue weighted by Crippen LogP contribution is 2.17. The van der Waals surface area contributed by atoms with Crippen molar-refractivity contribution in [2.45, 2.75) is 39.5 Å². The van der Waals surface area contributed by atoms with Gasteiger partial charge < -0.3 is 10.3 Å². The van der Waals surface area contributed by atoms with Crippen LogP contribution >= 0.6 is 0 Å². The molecule has 0 bridgehead atoms. The average molecular weight is 263 g/mol. The minimum Gasteiger partial charge on any atom is -0.339 e. The summed E-state index contributed by atoms with van der Waals surface area (Å²) in [7, 11) is 0. The Balaban J connectivity index is 2.84. The summed E-state index contributed by atoms with van der Waals surface area (Å²) in [6.45, 7) is 5.90. The lowest BCUT2D eigenvalue weighted by molar-refractivity contribution is 0.0752. The second-order valence-electron chi connectivity index (χ2n) is 4.69. The smallest absolute Gasteiger partial charge is 0.256 e. The first-order valence-corrected chi connectivity index (χ1v) is 7.09. The number of amides is 1. The summed E-state index contributed by atoms with van der Waals surface area (Å²) in [5.74, 6) is 5.53. The lowest BCUT2D eigenvalue weighted by Gasteiger charge is -2.23. The molecule has 3 N–H and O–H groups in total. The number of anilines is 1. The van der Waals surface area contributed by atoms with E-state index < -0.39 is 0 Å². The number of nitrogen functional groups attached to an aromatic ring is 1. The summed E-state index contributed by atoms with van der Waals surface area (Å²) in [5, 5.41) is 0. The summed E-state index contributed by atoms with van der Waals surface area (Å²) in [6, 6.07) is 7.38. The fourth-order valence-electron chi connectivity index (χ4n) is 1.98. The van der Waals surface area contributed by atoms with Gasteiger partial charge in [0.1, 0.15) is 0 Å². The summed E-state index contributed by atoms with van der Waals surface area (Å²) < 4.78 is 0. The van der Waals surface area contributed by atoms with E-state index in [1.54, 1.807) is 0 Å². The number of nitrogens with two attached hydrogens (primary N) is 1. The van der Waals surface area contributed by atoms with Gasteiger partial charge in [0.05, 0.1) is 11.3 Å². The van der Waals surface area contributed by atoms with Gasteiger partial charge in [0.15, 0.2) is 0 Å². The molecular weight excluding hydrogens is 238 g/mol. The minimum absolute atomic E-state index is 0.0652. The molecule has 1 rings (SSSR count). The number of hydrogen-bond donors (Lipinski definition) is 2. The fourth-order valence-corrected chi connectivity index (χ4v) is 1.98. The maximum Gasteiger partial charge on any atom is 0.256 e. The molecule has 0 saturated heterocycles. The van der Waals surface area contributed by atoms with E-state index in [4.69, 9.17) is 5.84 Å². The number of nitrogens with zero attached hydrogens (tertiary/aromatic N) is 1. The van der Waals surface area contributed by atoms with Crippen LogP contribution in [0.2, 0.25) is 0 Å². The van der Waals surface area contributed by atoms with Crippen molar-refractivity contribution >= 4 is 11.6 Å². The van der Waals surface area contributed by atoms with Crippen molar-refractivity contribution in [3.8, 4) is 0 Å². The maximum absolute atomic E-state index is 12.6. The Morgan fingerprint density at radius 2 is 1.74 bits per heavy atom. The molecule has 0 unspecified atom stereocenters. The molecule has 19 heavy (non-hydrogen) atoms. The molecule has 0 spiro atoms. The highest BCUT2D eigenvalue weighted by Gasteiger charge is 2.17. The van der Waals surface area contributed by atoms with Crippen molar-refractivity contribution in [3.05, 3.63) is 29.8 Å². The zero-order valence-electron chi connectivity index (χ0n) is 12.0. The lowest BCUT2D eigenvalue weighted by Crippen LogP contribution is -2.33. The molecule has 4 nitrogen and oxygen atoms in total. The van der Waals surface area contributed by atoms with Crippen LogP contribution in [0.4, 0.5) is 5.69 Å². The molecule has 0 radical (unpaired) electrons. The molecule has 1 amide bonds. The molecule has 0 atom stereocenters. The number of hydrazine groups is 1. The minimum atomic E-state index is 0.0652. The summed E-state index contributed by atoms with van der Waals surface area (Å²) >= 11 is 0. The van der Waals surface area contributed by atoms with E-state index in [1.807, 2.05) is 29.2 Å². The van der Waals surface area contributed by atoms with E-state index in [0.717, 1.165) is 38.8 Å². The molecule has 0 aliphatic rings. The highest BCUT2D eigenvalue weighted by atomic mass is 16.2. The van der Waals surface area contributed by atoms with E-state index >= 15 is 0 Å². The third-order valence-corrected chi connectivity index (χ3v) is 3.16. The van der Waals surface area contributed by atoms with Crippen molar-refractivity contribution < 1.29 is 4.79 Å². The second kappa shape index (κ2) is 8.53. The number of rotatable bonds is 8. The standard InChI is InChI=1S/C15H25N3O/c1-3-5-11-18(12-6-4-2)15(19)13-9-7-8-10-14(13)17-16/h7-10,17H,3-6,11-12,16H2,1-2H3. The normalized spacial score (nSPS) is 10.3. The van der Waals surface area contributed by atoms with E-state index in [9.17, 15) is 4.79 Å². The second-order valence-corrected chi connectivity index (χ2v) is 4.69. The number of nitrogens with one attached hydrogen (secondary N) is 1. The van der Waals surface area contributed by atoms with E-state index in [2.05, 4.69) is 19.3 Å². The number of hydrogen-bond acceptors (Lipinski definition) is 3. The predicted molar refractivity (Wildman–Crippen MR) is 80.0 cm³/mol. The number of unbranched alkanes of at least 4 members (excludes halogenated alkanes) is 2. The van der Waals surface area contributed by atoms with Gasteiger partial charge in [-0.2, -0.15) is 0 Å². The van der Waals surface area contributed by atoms with Gasteiger partial charge >= 0.3 is 0 Å². The van der Waals surface area contributed by atoms with Gasteiger partial charge in [0.25, 0.3) is 5.91 Å². The molecule has 0 saturated carbocycles.